The molecule has 4 heteroatoms. The fraction of sp³-hybridized carbons (Fsp3) is 0.500. The number of carbonyl (C=O) groups is 1. The minimum atomic E-state index is 0.0649. The summed E-state index contributed by atoms with van der Waals surface area (Å²) < 4.78 is 5.50. The standard InChI is InChI=1S/C14H20N2O2/c1-12-10-15-8-5-9-16(12)14(17)11-18-13-6-3-2-4-7-13/h2-4,6-7,12,15H,5,8-11H2,1H3. The molecular weight excluding hydrogens is 228 g/mol. The van der Waals surface area contributed by atoms with Gasteiger partial charge in [-0.1, -0.05) is 18.2 Å². The van der Waals surface area contributed by atoms with Crippen LogP contribution >= 0.6 is 0 Å². The van der Waals surface area contributed by atoms with E-state index < -0.39 is 0 Å². The molecule has 1 unspecified atom stereocenters. The number of amides is 1. The lowest BCUT2D eigenvalue weighted by molar-refractivity contribution is -0.135. The molecule has 1 aromatic carbocycles. The van der Waals surface area contributed by atoms with Gasteiger partial charge in [-0.2, -0.15) is 0 Å². The molecular formula is C14H20N2O2. The van der Waals surface area contributed by atoms with Gasteiger partial charge in [-0.25, -0.2) is 0 Å². The van der Waals surface area contributed by atoms with Crippen LogP contribution in [0.1, 0.15) is 13.3 Å². The van der Waals surface area contributed by atoms with Gasteiger partial charge in [0.05, 0.1) is 0 Å². The van der Waals surface area contributed by atoms with E-state index in [1.54, 1.807) is 0 Å². The van der Waals surface area contributed by atoms with Gasteiger partial charge in [-0.05, 0) is 32.0 Å². The van der Waals surface area contributed by atoms with Crippen molar-refractivity contribution in [3.63, 3.8) is 0 Å². The van der Waals surface area contributed by atoms with E-state index in [2.05, 4.69) is 12.2 Å². The Morgan fingerprint density at radius 3 is 3.00 bits per heavy atom. The van der Waals surface area contributed by atoms with Crippen LogP contribution in [0, 0.1) is 0 Å². The van der Waals surface area contributed by atoms with Crippen LogP contribution in [-0.2, 0) is 4.79 Å². The molecule has 0 radical (unpaired) electrons. The van der Waals surface area contributed by atoms with E-state index in [0.29, 0.717) is 0 Å². The molecule has 0 spiro atoms. The number of para-hydroxylation sites is 1. The third-order valence-electron chi connectivity index (χ3n) is 3.15. The third-order valence-corrected chi connectivity index (χ3v) is 3.15. The maximum absolute atomic E-state index is 12.1. The number of nitrogens with zero attached hydrogens (tertiary/aromatic N) is 1. The summed E-state index contributed by atoms with van der Waals surface area (Å²) >= 11 is 0. The van der Waals surface area contributed by atoms with Crippen molar-refractivity contribution < 1.29 is 9.53 Å². The van der Waals surface area contributed by atoms with E-state index in [1.807, 2.05) is 35.2 Å². The van der Waals surface area contributed by atoms with Crippen molar-refractivity contribution in [2.45, 2.75) is 19.4 Å². The third kappa shape index (κ3) is 3.47. The van der Waals surface area contributed by atoms with Crippen LogP contribution in [0.15, 0.2) is 30.3 Å². The maximum atomic E-state index is 12.1. The van der Waals surface area contributed by atoms with Crippen molar-refractivity contribution in [1.29, 1.82) is 0 Å². The van der Waals surface area contributed by atoms with E-state index in [0.717, 1.165) is 31.8 Å². The predicted octanol–water partition coefficient (Wildman–Crippen LogP) is 1.28. The Bertz CT molecular complexity index is 381. The van der Waals surface area contributed by atoms with Crippen LogP contribution < -0.4 is 10.1 Å². The van der Waals surface area contributed by atoms with Crippen molar-refractivity contribution in [3.05, 3.63) is 30.3 Å². The SMILES string of the molecule is CC1CNCCCN1C(=O)COc1ccccc1. The molecule has 1 fully saturated rings. The molecule has 1 atom stereocenters. The van der Waals surface area contributed by atoms with Gasteiger partial charge in [0, 0.05) is 19.1 Å². The highest BCUT2D eigenvalue weighted by molar-refractivity contribution is 5.78. The first kappa shape index (κ1) is 12.9. The monoisotopic (exact) mass is 248 g/mol. The molecule has 4 nitrogen and oxygen atoms in total. The molecule has 0 saturated carbocycles. The Morgan fingerprint density at radius 2 is 2.22 bits per heavy atom. The van der Waals surface area contributed by atoms with Crippen molar-refractivity contribution in [1.82, 2.24) is 10.2 Å². The summed E-state index contributed by atoms with van der Waals surface area (Å²) in [7, 11) is 0. The summed E-state index contributed by atoms with van der Waals surface area (Å²) in [5.74, 6) is 0.807. The second-order valence-electron chi connectivity index (χ2n) is 4.60. The topological polar surface area (TPSA) is 41.6 Å². The number of benzene rings is 1. The van der Waals surface area contributed by atoms with Crippen LogP contribution in [0.4, 0.5) is 0 Å². The van der Waals surface area contributed by atoms with Crippen molar-refractivity contribution in [2.24, 2.45) is 0 Å². The molecule has 1 aliphatic heterocycles. The van der Waals surface area contributed by atoms with Crippen LogP contribution in [0.3, 0.4) is 0 Å². The van der Waals surface area contributed by atoms with Crippen molar-refractivity contribution in [3.8, 4) is 5.75 Å². The zero-order valence-corrected chi connectivity index (χ0v) is 10.8. The Balaban J connectivity index is 1.87. The first-order valence-electron chi connectivity index (χ1n) is 6.45. The number of carbonyl (C=O) groups excluding carboxylic acids is 1. The summed E-state index contributed by atoms with van der Waals surface area (Å²) in [5.41, 5.74) is 0. The Hall–Kier alpha value is -1.55. The lowest BCUT2D eigenvalue weighted by Crippen LogP contribution is -2.43. The van der Waals surface area contributed by atoms with E-state index >= 15 is 0 Å². The molecule has 1 aliphatic rings. The zero-order valence-electron chi connectivity index (χ0n) is 10.8. The highest BCUT2D eigenvalue weighted by Crippen LogP contribution is 2.10. The fourth-order valence-electron chi connectivity index (χ4n) is 2.13. The Morgan fingerprint density at radius 1 is 1.44 bits per heavy atom. The van der Waals surface area contributed by atoms with Gasteiger partial charge in [0.2, 0.25) is 0 Å². The zero-order chi connectivity index (χ0) is 12.8. The summed E-state index contributed by atoms with van der Waals surface area (Å²) in [5, 5.41) is 3.32. The van der Waals surface area contributed by atoms with E-state index in [4.69, 9.17) is 4.74 Å². The molecule has 2 rings (SSSR count). The number of ether oxygens (including phenoxy) is 1. The van der Waals surface area contributed by atoms with Crippen LogP contribution in [0.25, 0.3) is 0 Å². The summed E-state index contributed by atoms with van der Waals surface area (Å²) in [6, 6.07) is 9.69. The summed E-state index contributed by atoms with van der Waals surface area (Å²) in [6.07, 6.45) is 1.00. The predicted molar refractivity (Wildman–Crippen MR) is 70.6 cm³/mol. The van der Waals surface area contributed by atoms with Crippen LogP contribution in [-0.4, -0.2) is 43.1 Å². The average molecular weight is 248 g/mol. The lowest BCUT2D eigenvalue weighted by Gasteiger charge is -2.26. The molecule has 18 heavy (non-hydrogen) atoms. The van der Waals surface area contributed by atoms with Crippen molar-refractivity contribution in [2.75, 3.05) is 26.2 Å². The molecule has 0 bridgehead atoms. The summed E-state index contributed by atoms with van der Waals surface area (Å²) in [6.45, 7) is 4.84. The molecule has 1 aromatic rings. The van der Waals surface area contributed by atoms with E-state index in [9.17, 15) is 4.79 Å². The van der Waals surface area contributed by atoms with Crippen LogP contribution in [0.2, 0.25) is 0 Å². The second kappa shape index (κ2) is 6.40. The van der Waals surface area contributed by atoms with Gasteiger partial charge < -0.3 is 15.0 Å². The smallest absolute Gasteiger partial charge is 0.260 e. The number of hydrogen-bond donors (Lipinski definition) is 1. The van der Waals surface area contributed by atoms with Gasteiger partial charge in [0.15, 0.2) is 6.61 Å². The number of nitrogens with one attached hydrogen (secondary N) is 1. The van der Waals surface area contributed by atoms with Crippen molar-refractivity contribution >= 4 is 5.91 Å². The number of rotatable bonds is 3. The average Bonchev–Trinajstić information content (AvgIpc) is 2.62. The van der Waals surface area contributed by atoms with E-state index in [1.165, 1.54) is 0 Å². The van der Waals surface area contributed by atoms with Gasteiger partial charge in [0.1, 0.15) is 5.75 Å². The largest absolute Gasteiger partial charge is 0.484 e. The molecule has 0 aromatic heterocycles. The number of hydrogen-bond acceptors (Lipinski definition) is 3. The minimum absolute atomic E-state index is 0.0649. The molecule has 1 N–H and O–H groups in total. The van der Waals surface area contributed by atoms with Gasteiger partial charge >= 0.3 is 0 Å². The first-order chi connectivity index (χ1) is 8.77. The molecule has 1 saturated heterocycles. The maximum Gasteiger partial charge on any atom is 0.260 e. The highest BCUT2D eigenvalue weighted by Gasteiger charge is 2.21. The Kier molecular flexibility index (Phi) is 4.59. The molecule has 0 aliphatic carbocycles. The molecule has 1 amide bonds. The summed E-state index contributed by atoms with van der Waals surface area (Å²) in [4.78, 5) is 14.0. The van der Waals surface area contributed by atoms with E-state index in [-0.39, 0.29) is 18.6 Å². The van der Waals surface area contributed by atoms with Gasteiger partial charge in [-0.15, -0.1) is 0 Å². The normalized spacial score (nSPS) is 20.3. The van der Waals surface area contributed by atoms with Crippen LogP contribution in [0.5, 0.6) is 5.75 Å². The Labute approximate surface area is 108 Å². The lowest BCUT2D eigenvalue weighted by atomic mass is 10.2. The first-order valence-corrected chi connectivity index (χ1v) is 6.45. The van der Waals surface area contributed by atoms with Gasteiger partial charge in [0.25, 0.3) is 5.91 Å². The molecule has 98 valence electrons. The second-order valence-corrected chi connectivity index (χ2v) is 4.60. The quantitative estimate of drug-likeness (QED) is 0.876. The molecule has 1 heterocycles. The minimum Gasteiger partial charge on any atom is -0.484 e. The van der Waals surface area contributed by atoms with Gasteiger partial charge in [-0.3, -0.25) is 4.79 Å². The highest BCUT2D eigenvalue weighted by atomic mass is 16.5. The fourth-order valence-corrected chi connectivity index (χ4v) is 2.13.